The zero-order chi connectivity index (χ0) is 37.0. The second kappa shape index (κ2) is 16.1. The van der Waals surface area contributed by atoms with Gasteiger partial charge in [0.15, 0.2) is 16.6 Å². The van der Waals surface area contributed by atoms with E-state index in [9.17, 15) is 9.59 Å². The first-order valence-electron chi connectivity index (χ1n) is 16.9. The molecule has 1 N–H and O–H groups in total. The van der Waals surface area contributed by atoms with E-state index in [4.69, 9.17) is 31.9 Å². The molecule has 11 nitrogen and oxygen atoms in total. The summed E-state index contributed by atoms with van der Waals surface area (Å²) < 4.78 is 45.8. The maximum absolute atomic E-state index is 13.1. The number of H-pyrrole nitrogens is 1. The van der Waals surface area contributed by atoms with Crippen molar-refractivity contribution in [3.8, 4) is 11.5 Å². The van der Waals surface area contributed by atoms with Gasteiger partial charge in [0.2, 0.25) is 0 Å². The van der Waals surface area contributed by atoms with Crippen LogP contribution >= 0.6 is 8.60 Å². The average Bonchev–Trinajstić information content (AvgIpc) is 3.48. The Balaban J connectivity index is 1.63. The van der Waals surface area contributed by atoms with Gasteiger partial charge in [-0.3, -0.25) is 14.3 Å². The molecule has 51 heavy (non-hydrogen) atoms. The number of aryl methyl sites for hydroxylation is 1. The van der Waals surface area contributed by atoms with Gasteiger partial charge in [0.1, 0.15) is 29.4 Å². The number of aromatic amines is 1. The summed E-state index contributed by atoms with van der Waals surface area (Å²) in [5.41, 5.74) is 0.815. The first kappa shape index (κ1) is 38.8. The summed E-state index contributed by atoms with van der Waals surface area (Å²) >= 11 is 0. The van der Waals surface area contributed by atoms with E-state index >= 15 is 0 Å². The molecule has 14 heteroatoms. The van der Waals surface area contributed by atoms with Crippen LogP contribution in [0.25, 0.3) is 0 Å². The molecule has 0 amide bonds. The Morgan fingerprint density at radius 2 is 1.31 bits per heavy atom. The van der Waals surface area contributed by atoms with Crippen molar-refractivity contribution in [3.63, 3.8) is 0 Å². The highest BCUT2D eigenvalue weighted by Crippen LogP contribution is 2.48. The summed E-state index contributed by atoms with van der Waals surface area (Å²) in [6, 6.07) is 25.6. The van der Waals surface area contributed by atoms with Gasteiger partial charge in [0.05, 0.1) is 26.9 Å². The fourth-order valence-corrected chi connectivity index (χ4v) is 10.6. The number of hydrogen-bond donors (Lipinski definition) is 1. The fraction of sp³-hybridized carbons (Fsp3) is 0.405. The Kier molecular flexibility index (Phi) is 12.3. The van der Waals surface area contributed by atoms with Crippen LogP contribution in [-0.2, 0) is 28.0 Å². The minimum absolute atomic E-state index is 0.0784. The molecule has 0 bridgehead atoms. The van der Waals surface area contributed by atoms with Gasteiger partial charge < -0.3 is 31.9 Å². The lowest BCUT2D eigenvalue weighted by atomic mass is 9.79. The van der Waals surface area contributed by atoms with Gasteiger partial charge in [-0.05, 0) is 87.2 Å². The molecule has 274 valence electrons. The van der Waals surface area contributed by atoms with E-state index in [1.807, 2.05) is 78.9 Å². The molecule has 2 heterocycles. The molecule has 0 aliphatic carbocycles. The van der Waals surface area contributed by atoms with Crippen LogP contribution in [-0.4, -0.2) is 59.2 Å². The molecule has 4 aromatic rings. The van der Waals surface area contributed by atoms with Crippen LogP contribution in [0.1, 0.15) is 34.9 Å². The predicted molar refractivity (Wildman–Crippen MR) is 204 cm³/mol. The van der Waals surface area contributed by atoms with Gasteiger partial charge in [-0.2, -0.15) is 0 Å². The van der Waals surface area contributed by atoms with Crippen molar-refractivity contribution in [2.45, 2.75) is 76.7 Å². The van der Waals surface area contributed by atoms with Crippen LogP contribution in [0, 0.1) is 6.92 Å². The van der Waals surface area contributed by atoms with Crippen LogP contribution < -0.4 is 20.7 Å². The summed E-state index contributed by atoms with van der Waals surface area (Å²) in [4.78, 5) is 27.9. The van der Waals surface area contributed by atoms with Gasteiger partial charge in [0, 0.05) is 18.2 Å². The minimum Gasteiger partial charge on any atom is -0.497 e. The molecule has 1 aliphatic rings. The van der Waals surface area contributed by atoms with E-state index in [0.717, 1.165) is 16.7 Å². The number of methoxy groups -OCH3 is 2. The Bertz CT molecular complexity index is 1790. The second-order valence-electron chi connectivity index (χ2n) is 14.4. The monoisotopic (exact) mass is 752 g/mol. The topological polar surface area (TPSA) is 119 Å². The molecule has 1 aliphatic heterocycles. The van der Waals surface area contributed by atoms with Crippen molar-refractivity contribution < 1.29 is 31.9 Å². The lowest BCUT2D eigenvalue weighted by Crippen LogP contribution is -2.41. The molecular weight excluding hydrogens is 704 g/mol. The first-order valence-corrected chi connectivity index (χ1v) is 24.8. The third-order valence-corrected chi connectivity index (χ3v) is 14.1. The summed E-state index contributed by atoms with van der Waals surface area (Å²) in [5.74, 6) is 1.41. The van der Waals surface area contributed by atoms with Crippen LogP contribution in [0.3, 0.4) is 0 Å². The van der Waals surface area contributed by atoms with Crippen molar-refractivity contribution in [2.75, 3.05) is 20.8 Å². The Morgan fingerprint density at radius 3 is 1.80 bits per heavy atom. The summed E-state index contributed by atoms with van der Waals surface area (Å²) in [5, 5.41) is 0. The highest BCUT2D eigenvalue weighted by atomic mass is 31.2. The normalized spacial score (nSPS) is 18.3. The number of aromatic nitrogens is 2. The van der Waals surface area contributed by atoms with Crippen LogP contribution in [0.4, 0.5) is 0 Å². The third-order valence-electron chi connectivity index (χ3n) is 8.18. The molecular formula is C37H49N2O9PSi2. The molecule has 1 fully saturated rings. The van der Waals surface area contributed by atoms with E-state index < -0.39 is 60.5 Å². The van der Waals surface area contributed by atoms with Crippen molar-refractivity contribution in [1.29, 1.82) is 0 Å². The molecule has 3 aromatic carbocycles. The smallest absolute Gasteiger partial charge is 0.330 e. The van der Waals surface area contributed by atoms with Crippen molar-refractivity contribution in [2.24, 2.45) is 0 Å². The zero-order valence-corrected chi connectivity index (χ0v) is 33.7. The third kappa shape index (κ3) is 9.54. The highest BCUT2D eigenvalue weighted by Gasteiger charge is 2.47. The number of nitrogens with zero attached hydrogens (tertiary/aromatic N) is 1. The Morgan fingerprint density at radius 1 is 0.804 bits per heavy atom. The van der Waals surface area contributed by atoms with Crippen LogP contribution in [0.2, 0.25) is 39.3 Å². The van der Waals surface area contributed by atoms with Gasteiger partial charge in [-0.25, -0.2) is 4.79 Å². The van der Waals surface area contributed by atoms with Crippen molar-refractivity contribution >= 4 is 25.2 Å². The van der Waals surface area contributed by atoms with Crippen molar-refractivity contribution in [3.05, 3.63) is 128 Å². The fourth-order valence-electron chi connectivity index (χ4n) is 5.85. The van der Waals surface area contributed by atoms with Crippen molar-refractivity contribution in [1.82, 2.24) is 9.55 Å². The average molecular weight is 753 g/mol. The molecule has 1 aromatic heterocycles. The van der Waals surface area contributed by atoms with E-state index in [2.05, 4.69) is 44.3 Å². The molecule has 0 spiro atoms. The molecule has 3 atom stereocenters. The maximum Gasteiger partial charge on any atom is 0.330 e. The van der Waals surface area contributed by atoms with E-state index in [1.165, 1.54) is 10.8 Å². The van der Waals surface area contributed by atoms with E-state index in [-0.39, 0.29) is 13.0 Å². The number of ether oxygens (including phenoxy) is 4. The summed E-state index contributed by atoms with van der Waals surface area (Å²) in [7, 11) is -2.54. The quantitative estimate of drug-likeness (QED) is 0.0749. The Hall–Kier alpha value is -3.40. The summed E-state index contributed by atoms with van der Waals surface area (Å²) in [6.45, 7) is 14.3. The van der Waals surface area contributed by atoms with Gasteiger partial charge in [-0.15, -0.1) is 0 Å². The van der Waals surface area contributed by atoms with Crippen LogP contribution in [0.15, 0.2) is 94.6 Å². The maximum atomic E-state index is 13.1. The van der Waals surface area contributed by atoms with Gasteiger partial charge in [0.25, 0.3) is 5.56 Å². The minimum atomic E-state index is -2.06. The molecule has 1 saturated heterocycles. The second-order valence-corrected chi connectivity index (χ2v) is 25.0. The number of nitrogens with one attached hydrogen (secondary N) is 1. The zero-order valence-electron chi connectivity index (χ0n) is 30.8. The molecule has 5 rings (SSSR count). The summed E-state index contributed by atoms with van der Waals surface area (Å²) in [6.07, 6.45) is -0.224. The first-order chi connectivity index (χ1) is 24.1. The standard InChI is InChI=1S/C37H49N2O9PSi2/c1-26-24-39(36(41)38-35(26)40)34-23-32(33(45-34)25-44-49(47-50(4,5)6)48-51(7,8)9)46-37(27-13-11-10-12-14-27,28-15-19-30(42-2)20-16-28)29-17-21-31(43-3)22-18-29/h10-22,24,32-34H,23,25H2,1-9H3,(H,38,40,41)/t32-,33+,34+/m0/s1. The molecule has 0 radical (unpaired) electrons. The number of hydrogen-bond acceptors (Lipinski definition) is 9. The SMILES string of the molecule is COc1ccc(C(O[C@H]2C[C@H](n3cc(C)c(=O)[nH]c3=O)O[C@@H]2COP(O[Si](C)(C)C)O[Si](C)(C)C)(c2ccccc2)c2ccc(OC)cc2)cc1. The van der Waals surface area contributed by atoms with Gasteiger partial charge >= 0.3 is 14.3 Å². The lowest BCUT2D eigenvalue weighted by Gasteiger charge is -2.39. The predicted octanol–water partition coefficient (Wildman–Crippen LogP) is 7.47. The largest absolute Gasteiger partial charge is 0.497 e. The van der Waals surface area contributed by atoms with E-state index in [1.54, 1.807) is 21.1 Å². The number of benzene rings is 3. The number of rotatable bonds is 15. The Labute approximate surface area is 303 Å². The highest BCUT2D eigenvalue weighted by molar-refractivity contribution is 7.45. The van der Waals surface area contributed by atoms with E-state index in [0.29, 0.717) is 17.1 Å². The molecule has 0 unspecified atom stereocenters. The van der Waals surface area contributed by atoms with Crippen LogP contribution in [0.5, 0.6) is 11.5 Å². The lowest BCUT2D eigenvalue weighted by molar-refractivity contribution is -0.0970. The van der Waals surface area contributed by atoms with Gasteiger partial charge in [-0.1, -0.05) is 54.6 Å². The molecule has 0 saturated carbocycles.